The summed E-state index contributed by atoms with van der Waals surface area (Å²) in [6, 6.07) is 13.6. The molecule has 0 radical (unpaired) electrons. The van der Waals surface area contributed by atoms with E-state index in [1.165, 1.54) is 0 Å². The average Bonchev–Trinajstić information content (AvgIpc) is 2.62. The first-order valence-electron chi connectivity index (χ1n) is 8.32. The van der Waals surface area contributed by atoms with E-state index in [4.69, 9.17) is 4.74 Å². The van der Waals surface area contributed by atoms with Crippen molar-refractivity contribution in [2.75, 3.05) is 23.8 Å². The Bertz CT molecular complexity index is 714. The van der Waals surface area contributed by atoms with Gasteiger partial charge in [-0.25, -0.2) is 4.79 Å². The molecule has 0 unspecified atom stereocenters. The molecule has 2 rings (SSSR count). The van der Waals surface area contributed by atoms with Crippen molar-refractivity contribution in [1.29, 1.82) is 0 Å². The van der Waals surface area contributed by atoms with E-state index in [9.17, 15) is 9.59 Å². The van der Waals surface area contributed by atoms with Gasteiger partial charge in [-0.1, -0.05) is 19.1 Å². The van der Waals surface area contributed by atoms with Crippen LogP contribution in [0.2, 0.25) is 0 Å². The lowest BCUT2D eigenvalue weighted by Crippen LogP contribution is -2.24. The molecule has 25 heavy (non-hydrogen) atoms. The van der Waals surface area contributed by atoms with Gasteiger partial charge in [0.15, 0.2) is 0 Å². The summed E-state index contributed by atoms with van der Waals surface area (Å²) >= 11 is 0. The van der Waals surface area contributed by atoms with Crippen molar-refractivity contribution in [2.45, 2.75) is 20.3 Å². The van der Waals surface area contributed by atoms with Crippen LogP contribution in [-0.2, 0) is 0 Å². The first-order chi connectivity index (χ1) is 12.1. The minimum Gasteiger partial charge on any atom is -0.492 e. The molecule has 2 aromatic carbocycles. The van der Waals surface area contributed by atoms with Gasteiger partial charge in [-0.15, -0.1) is 0 Å². The van der Waals surface area contributed by atoms with Crippen molar-refractivity contribution in [2.24, 2.45) is 0 Å². The van der Waals surface area contributed by atoms with E-state index in [0.29, 0.717) is 35.8 Å². The van der Waals surface area contributed by atoms with Gasteiger partial charge < -0.3 is 20.7 Å². The molecule has 3 N–H and O–H groups in total. The van der Waals surface area contributed by atoms with Gasteiger partial charge in [-0.3, -0.25) is 4.79 Å². The lowest BCUT2D eigenvalue weighted by molar-refractivity contribution is 0.0953. The van der Waals surface area contributed by atoms with Crippen molar-refractivity contribution in [3.8, 4) is 5.75 Å². The summed E-state index contributed by atoms with van der Waals surface area (Å²) in [7, 11) is 0. The minimum absolute atomic E-state index is 0.122. The van der Waals surface area contributed by atoms with E-state index < -0.39 is 0 Å². The van der Waals surface area contributed by atoms with Gasteiger partial charge in [0.25, 0.3) is 5.91 Å². The van der Waals surface area contributed by atoms with Gasteiger partial charge in [0.05, 0.1) is 12.3 Å². The predicted octanol–water partition coefficient (Wildman–Crippen LogP) is 3.87. The van der Waals surface area contributed by atoms with E-state index in [1.54, 1.807) is 36.4 Å². The van der Waals surface area contributed by atoms with Gasteiger partial charge in [-0.05, 0) is 49.7 Å². The molecule has 0 aliphatic rings. The smallest absolute Gasteiger partial charge is 0.323 e. The van der Waals surface area contributed by atoms with Crippen LogP contribution < -0.4 is 20.7 Å². The van der Waals surface area contributed by atoms with Crippen LogP contribution in [0.3, 0.4) is 0 Å². The second kappa shape index (κ2) is 9.32. The number of hydrogen-bond donors (Lipinski definition) is 3. The maximum Gasteiger partial charge on any atom is 0.323 e. The topological polar surface area (TPSA) is 79.5 Å². The van der Waals surface area contributed by atoms with Crippen LogP contribution in [0.25, 0.3) is 0 Å². The molecule has 0 spiro atoms. The molecular formula is C19H23N3O3. The Morgan fingerprint density at radius 1 is 0.960 bits per heavy atom. The molecule has 0 aliphatic carbocycles. The maximum atomic E-state index is 12.1. The zero-order valence-corrected chi connectivity index (χ0v) is 14.5. The summed E-state index contributed by atoms with van der Waals surface area (Å²) in [5.41, 5.74) is 1.75. The van der Waals surface area contributed by atoms with Gasteiger partial charge in [0.2, 0.25) is 0 Å². The van der Waals surface area contributed by atoms with Crippen molar-refractivity contribution < 1.29 is 14.3 Å². The number of anilines is 2. The fraction of sp³-hybridized carbons (Fsp3) is 0.263. The van der Waals surface area contributed by atoms with Gasteiger partial charge in [0.1, 0.15) is 5.75 Å². The molecule has 0 saturated heterocycles. The molecular weight excluding hydrogens is 318 g/mol. The van der Waals surface area contributed by atoms with Crippen LogP contribution >= 0.6 is 0 Å². The van der Waals surface area contributed by atoms with Crippen LogP contribution in [-0.4, -0.2) is 25.1 Å². The maximum absolute atomic E-state index is 12.1. The molecule has 0 bridgehead atoms. The lowest BCUT2D eigenvalue weighted by Gasteiger charge is -2.12. The highest BCUT2D eigenvalue weighted by atomic mass is 16.5. The Morgan fingerprint density at radius 2 is 1.68 bits per heavy atom. The summed E-state index contributed by atoms with van der Waals surface area (Å²) < 4.78 is 5.48. The number of hydrogen-bond acceptors (Lipinski definition) is 3. The number of carbonyl (C=O) groups is 2. The number of rotatable bonds is 7. The zero-order valence-electron chi connectivity index (χ0n) is 14.5. The number of urea groups is 1. The Balaban J connectivity index is 1.96. The van der Waals surface area contributed by atoms with Crippen molar-refractivity contribution in [1.82, 2.24) is 5.32 Å². The molecule has 0 heterocycles. The third-order valence-electron chi connectivity index (χ3n) is 3.38. The van der Waals surface area contributed by atoms with E-state index in [-0.39, 0.29) is 11.9 Å². The molecule has 0 saturated carbocycles. The summed E-state index contributed by atoms with van der Waals surface area (Å²) in [6.07, 6.45) is 0.884. The quantitative estimate of drug-likeness (QED) is 0.715. The summed E-state index contributed by atoms with van der Waals surface area (Å²) in [6.45, 7) is 5.03. The Hall–Kier alpha value is -3.02. The molecule has 3 amide bonds. The number of nitrogens with one attached hydrogen (secondary N) is 3. The number of amides is 3. The standard InChI is InChI=1S/C19H23N3O3/c1-3-13-20-18(23)14-9-11-15(12-10-14)21-19(24)22-16-7-5-6-8-17(16)25-4-2/h5-12H,3-4,13H2,1-2H3,(H,20,23)(H2,21,22,24). The Kier molecular flexibility index (Phi) is 6.83. The van der Waals surface area contributed by atoms with Crippen molar-refractivity contribution >= 4 is 23.3 Å². The summed E-state index contributed by atoms with van der Waals surface area (Å²) in [5, 5.41) is 8.29. The number of ether oxygens (including phenoxy) is 1. The SMILES string of the molecule is CCCNC(=O)c1ccc(NC(=O)Nc2ccccc2OCC)cc1. The molecule has 0 aromatic heterocycles. The molecule has 0 aliphatic heterocycles. The number of benzene rings is 2. The Morgan fingerprint density at radius 3 is 2.36 bits per heavy atom. The van der Waals surface area contributed by atoms with Crippen molar-refractivity contribution in [3.63, 3.8) is 0 Å². The number of para-hydroxylation sites is 2. The van der Waals surface area contributed by atoms with Gasteiger partial charge in [0, 0.05) is 17.8 Å². The predicted molar refractivity (Wildman–Crippen MR) is 99.3 cm³/mol. The van der Waals surface area contributed by atoms with Crippen LogP contribution in [0.15, 0.2) is 48.5 Å². The van der Waals surface area contributed by atoms with Gasteiger partial charge in [-0.2, -0.15) is 0 Å². The number of carbonyl (C=O) groups excluding carboxylic acids is 2. The van der Waals surface area contributed by atoms with E-state index >= 15 is 0 Å². The highest BCUT2D eigenvalue weighted by Gasteiger charge is 2.08. The molecule has 0 fully saturated rings. The highest BCUT2D eigenvalue weighted by Crippen LogP contribution is 2.23. The normalized spacial score (nSPS) is 10.0. The molecule has 0 atom stereocenters. The summed E-state index contributed by atoms with van der Waals surface area (Å²) in [5.74, 6) is 0.492. The van der Waals surface area contributed by atoms with Crippen LogP contribution in [0.4, 0.5) is 16.2 Å². The first kappa shape index (κ1) is 18.3. The van der Waals surface area contributed by atoms with E-state index in [0.717, 1.165) is 6.42 Å². The average molecular weight is 341 g/mol. The van der Waals surface area contributed by atoms with Gasteiger partial charge >= 0.3 is 6.03 Å². The fourth-order valence-corrected chi connectivity index (χ4v) is 2.18. The monoisotopic (exact) mass is 341 g/mol. The van der Waals surface area contributed by atoms with E-state index in [2.05, 4.69) is 16.0 Å². The van der Waals surface area contributed by atoms with Crippen molar-refractivity contribution in [3.05, 3.63) is 54.1 Å². The largest absolute Gasteiger partial charge is 0.492 e. The molecule has 6 heteroatoms. The first-order valence-corrected chi connectivity index (χ1v) is 8.32. The molecule has 2 aromatic rings. The van der Waals surface area contributed by atoms with Crippen LogP contribution in [0.1, 0.15) is 30.6 Å². The highest BCUT2D eigenvalue weighted by molar-refractivity contribution is 6.01. The minimum atomic E-state index is -0.379. The zero-order chi connectivity index (χ0) is 18.1. The van der Waals surface area contributed by atoms with E-state index in [1.807, 2.05) is 26.0 Å². The summed E-state index contributed by atoms with van der Waals surface area (Å²) in [4.78, 5) is 24.0. The fourth-order valence-electron chi connectivity index (χ4n) is 2.18. The lowest BCUT2D eigenvalue weighted by atomic mass is 10.2. The van der Waals surface area contributed by atoms with Crippen LogP contribution in [0.5, 0.6) is 5.75 Å². The second-order valence-electron chi connectivity index (χ2n) is 5.34. The molecule has 132 valence electrons. The third kappa shape index (κ3) is 5.53. The second-order valence-corrected chi connectivity index (χ2v) is 5.34. The van der Waals surface area contributed by atoms with Crippen LogP contribution in [0, 0.1) is 0 Å². The Labute approximate surface area is 147 Å². The third-order valence-corrected chi connectivity index (χ3v) is 3.38. The molecule has 6 nitrogen and oxygen atoms in total.